The molecule has 1 N–H and O–H groups in total. The summed E-state index contributed by atoms with van der Waals surface area (Å²) in [6.45, 7) is 1.87. The second-order valence-electron chi connectivity index (χ2n) is 3.63. The molecule has 0 radical (unpaired) electrons. The molecule has 1 aromatic carbocycles. The number of halogens is 1. The molecule has 0 unspecified atom stereocenters. The molecule has 0 fully saturated rings. The van der Waals surface area contributed by atoms with E-state index in [9.17, 15) is 4.79 Å². The highest BCUT2D eigenvalue weighted by Crippen LogP contribution is 2.11. The molecule has 0 aliphatic carbocycles. The van der Waals surface area contributed by atoms with Crippen molar-refractivity contribution in [2.45, 2.75) is 6.92 Å². The van der Waals surface area contributed by atoms with Crippen molar-refractivity contribution in [1.82, 2.24) is 4.98 Å². The fourth-order valence-electron chi connectivity index (χ4n) is 1.40. The number of hydrogen-bond donors (Lipinski definition) is 1. The lowest BCUT2D eigenvalue weighted by Crippen LogP contribution is -2.12. The molecule has 1 heterocycles. The number of benzene rings is 1. The Balaban J connectivity index is 2.14. The highest BCUT2D eigenvalue weighted by atomic mass is 35.5. The maximum absolute atomic E-state index is 11.8. The topological polar surface area (TPSA) is 42.0 Å². The normalized spacial score (nSPS) is 10.0. The van der Waals surface area contributed by atoms with Crippen LogP contribution in [0.1, 0.15) is 16.1 Å². The van der Waals surface area contributed by atoms with Gasteiger partial charge >= 0.3 is 0 Å². The number of anilines is 1. The van der Waals surface area contributed by atoms with Crippen molar-refractivity contribution in [2.24, 2.45) is 0 Å². The summed E-state index contributed by atoms with van der Waals surface area (Å²) in [6.07, 6.45) is 0. The lowest BCUT2D eigenvalue weighted by Gasteiger charge is -2.04. The van der Waals surface area contributed by atoms with Gasteiger partial charge in [0.25, 0.3) is 5.91 Å². The second-order valence-corrected chi connectivity index (χ2v) is 4.06. The van der Waals surface area contributed by atoms with Crippen LogP contribution in [-0.2, 0) is 0 Å². The molecular formula is C13H11ClN2O. The number of carbonyl (C=O) groups excluding carboxylic acids is 1. The van der Waals surface area contributed by atoms with Gasteiger partial charge in [-0.25, -0.2) is 4.98 Å². The van der Waals surface area contributed by atoms with Gasteiger partial charge < -0.3 is 5.32 Å². The summed E-state index contributed by atoms with van der Waals surface area (Å²) in [6, 6.07) is 12.2. The predicted octanol–water partition coefficient (Wildman–Crippen LogP) is 3.30. The standard InChI is InChI=1S/C13H11ClN2O/c1-9-3-2-4-12(15-9)16-13(17)10-5-7-11(14)8-6-10/h2-8H,1H3,(H,15,16,17). The Bertz CT molecular complexity index is 537. The first-order chi connectivity index (χ1) is 8.15. The molecule has 0 spiro atoms. The summed E-state index contributed by atoms with van der Waals surface area (Å²) < 4.78 is 0. The summed E-state index contributed by atoms with van der Waals surface area (Å²) in [7, 11) is 0. The maximum atomic E-state index is 11.8. The first-order valence-corrected chi connectivity index (χ1v) is 5.53. The maximum Gasteiger partial charge on any atom is 0.256 e. The van der Waals surface area contributed by atoms with E-state index in [4.69, 9.17) is 11.6 Å². The van der Waals surface area contributed by atoms with Gasteiger partial charge in [-0.3, -0.25) is 4.79 Å². The predicted molar refractivity (Wildman–Crippen MR) is 68.4 cm³/mol. The zero-order chi connectivity index (χ0) is 12.3. The van der Waals surface area contributed by atoms with E-state index in [1.165, 1.54) is 0 Å². The third-order valence-corrected chi connectivity index (χ3v) is 2.49. The lowest BCUT2D eigenvalue weighted by molar-refractivity contribution is 0.102. The highest BCUT2D eigenvalue weighted by molar-refractivity contribution is 6.30. The molecule has 86 valence electrons. The Morgan fingerprint density at radius 2 is 1.88 bits per heavy atom. The number of pyridine rings is 1. The Labute approximate surface area is 104 Å². The zero-order valence-corrected chi connectivity index (χ0v) is 10.0. The molecule has 0 saturated carbocycles. The van der Waals surface area contributed by atoms with E-state index < -0.39 is 0 Å². The van der Waals surface area contributed by atoms with Crippen LogP contribution in [0.4, 0.5) is 5.82 Å². The zero-order valence-electron chi connectivity index (χ0n) is 9.27. The summed E-state index contributed by atoms with van der Waals surface area (Å²) in [5.74, 6) is 0.352. The largest absolute Gasteiger partial charge is 0.307 e. The van der Waals surface area contributed by atoms with Crippen LogP contribution in [-0.4, -0.2) is 10.9 Å². The minimum atomic E-state index is -0.195. The molecule has 4 heteroatoms. The smallest absolute Gasteiger partial charge is 0.256 e. The number of nitrogens with zero attached hydrogens (tertiary/aromatic N) is 1. The summed E-state index contributed by atoms with van der Waals surface area (Å²) in [5.41, 5.74) is 1.41. The van der Waals surface area contributed by atoms with E-state index in [0.29, 0.717) is 16.4 Å². The van der Waals surface area contributed by atoms with Crippen LogP contribution in [0.5, 0.6) is 0 Å². The summed E-state index contributed by atoms with van der Waals surface area (Å²) in [4.78, 5) is 16.0. The molecule has 0 saturated heterocycles. The van der Waals surface area contributed by atoms with E-state index in [0.717, 1.165) is 5.69 Å². The lowest BCUT2D eigenvalue weighted by atomic mass is 10.2. The minimum Gasteiger partial charge on any atom is -0.307 e. The number of rotatable bonds is 2. The molecule has 2 rings (SSSR count). The van der Waals surface area contributed by atoms with E-state index in [1.807, 2.05) is 19.1 Å². The number of aromatic nitrogens is 1. The van der Waals surface area contributed by atoms with Crippen LogP contribution in [0.3, 0.4) is 0 Å². The number of nitrogens with one attached hydrogen (secondary N) is 1. The van der Waals surface area contributed by atoms with Crippen LogP contribution >= 0.6 is 11.6 Å². The monoisotopic (exact) mass is 246 g/mol. The average Bonchev–Trinajstić information content (AvgIpc) is 2.29. The van der Waals surface area contributed by atoms with Gasteiger partial charge in [0.15, 0.2) is 0 Å². The molecule has 1 aromatic heterocycles. The van der Waals surface area contributed by atoms with Gasteiger partial charge in [-0.15, -0.1) is 0 Å². The van der Waals surface area contributed by atoms with Crippen molar-refractivity contribution in [2.75, 3.05) is 5.32 Å². The van der Waals surface area contributed by atoms with Gasteiger partial charge in [0.1, 0.15) is 5.82 Å². The Kier molecular flexibility index (Phi) is 3.40. The van der Waals surface area contributed by atoms with E-state index >= 15 is 0 Å². The third kappa shape index (κ3) is 3.04. The number of carbonyl (C=O) groups is 1. The summed E-state index contributed by atoms with van der Waals surface area (Å²) in [5, 5.41) is 3.33. The van der Waals surface area contributed by atoms with Gasteiger partial charge in [-0.1, -0.05) is 17.7 Å². The van der Waals surface area contributed by atoms with Gasteiger partial charge in [0.05, 0.1) is 0 Å². The van der Waals surface area contributed by atoms with Gasteiger partial charge in [0, 0.05) is 16.3 Å². The number of hydrogen-bond acceptors (Lipinski definition) is 2. The fourth-order valence-corrected chi connectivity index (χ4v) is 1.53. The molecule has 1 amide bonds. The molecule has 0 bridgehead atoms. The molecule has 0 aliphatic heterocycles. The van der Waals surface area contributed by atoms with Crippen molar-refractivity contribution in [3.63, 3.8) is 0 Å². The Morgan fingerprint density at radius 3 is 2.53 bits per heavy atom. The first kappa shape index (κ1) is 11.6. The number of aryl methyl sites for hydroxylation is 1. The van der Waals surface area contributed by atoms with Crippen molar-refractivity contribution in [3.05, 3.63) is 58.7 Å². The summed E-state index contributed by atoms with van der Waals surface area (Å²) >= 11 is 5.75. The van der Waals surface area contributed by atoms with Crippen molar-refractivity contribution in [3.8, 4) is 0 Å². The third-order valence-electron chi connectivity index (χ3n) is 2.24. The van der Waals surface area contributed by atoms with E-state index in [1.54, 1.807) is 30.3 Å². The Hall–Kier alpha value is -1.87. The fraction of sp³-hybridized carbons (Fsp3) is 0.0769. The van der Waals surface area contributed by atoms with E-state index in [2.05, 4.69) is 10.3 Å². The second kappa shape index (κ2) is 4.97. The van der Waals surface area contributed by atoms with Crippen LogP contribution in [0.15, 0.2) is 42.5 Å². The molecular weight excluding hydrogens is 236 g/mol. The number of amides is 1. The molecule has 0 atom stereocenters. The van der Waals surface area contributed by atoms with Gasteiger partial charge in [-0.05, 0) is 43.3 Å². The van der Waals surface area contributed by atoms with Gasteiger partial charge in [-0.2, -0.15) is 0 Å². The highest BCUT2D eigenvalue weighted by Gasteiger charge is 2.06. The van der Waals surface area contributed by atoms with E-state index in [-0.39, 0.29) is 5.91 Å². The van der Waals surface area contributed by atoms with Gasteiger partial charge in [0.2, 0.25) is 0 Å². The molecule has 2 aromatic rings. The SMILES string of the molecule is Cc1cccc(NC(=O)c2ccc(Cl)cc2)n1. The van der Waals surface area contributed by atoms with Crippen molar-refractivity contribution in [1.29, 1.82) is 0 Å². The quantitative estimate of drug-likeness (QED) is 0.884. The van der Waals surface area contributed by atoms with Crippen LogP contribution in [0.25, 0.3) is 0 Å². The first-order valence-electron chi connectivity index (χ1n) is 5.16. The average molecular weight is 247 g/mol. The Morgan fingerprint density at radius 1 is 1.18 bits per heavy atom. The van der Waals surface area contributed by atoms with Crippen LogP contribution < -0.4 is 5.32 Å². The molecule has 0 aliphatic rings. The molecule has 17 heavy (non-hydrogen) atoms. The van der Waals surface area contributed by atoms with Crippen molar-refractivity contribution >= 4 is 23.3 Å². The van der Waals surface area contributed by atoms with Crippen LogP contribution in [0.2, 0.25) is 5.02 Å². The van der Waals surface area contributed by atoms with Crippen molar-refractivity contribution < 1.29 is 4.79 Å². The molecule has 3 nitrogen and oxygen atoms in total. The minimum absolute atomic E-state index is 0.195. The van der Waals surface area contributed by atoms with Crippen LogP contribution in [0, 0.1) is 6.92 Å².